The highest BCUT2D eigenvalue weighted by Gasteiger charge is 2.17. The van der Waals surface area contributed by atoms with Crippen LogP contribution in [-0.2, 0) is 0 Å². The number of benzene rings is 1. The van der Waals surface area contributed by atoms with Gasteiger partial charge in [-0.1, -0.05) is 24.6 Å². The van der Waals surface area contributed by atoms with E-state index in [0.717, 1.165) is 36.2 Å². The molecule has 1 aromatic heterocycles. The second kappa shape index (κ2) is 7.51. The first kappa shape index (κ1) is 17.2. The molecule has 1 saturated heterocycles. The van der Waals surface area contributed by atoms with Crippen LogP contribution in [0.15, 0.2) is 30.6 Å². The zero-order valence-corrected chi connectivity index (χ0v) is 15.0. The molecule has 25 heavy (non-hydrogen) atoms. The summed E-state index contributed by atoms with van der Waals surface area (Å²) in [7, 11) is 0. The number of piperidine rings is 1. The molecule has 6 heteroatoms. The van der Waals surface area contributed by atoms with Crippen LogP contribution < -0.4 is 15.5 Å². The minimum atomic E-state index is -0.296. The molecular formula is C19H25N5O. The molecule has 3 rings (SSSR count). The Morgan fingerprint density at radius 1 is 1.12 bits per heavy atom. The van der Waals surface area contributed by atoms with Crippen molar-refractivity contribution in [3.05, 3.63) is 41.7 Å². The molecule has 2 aromatic rings. The molecular weight excluding hydrogens is 314 g/mol. The minimum absolute atomic E-state index is 0.296. The summed E-state index contributed by atoms with van der Waals surface area (Å²) in [6.45, 7) is 8.25. The predicted octanol–water partition coefficient (Wildman–Crippen LogP) is 3.97. The lowest BCUT2D eigenvalue weighted by atomic mass is 10.00. The number of amides is 2. The highest BCUT2D eigenvalue weighted by atomic mass is 16.2. The standard InChI is InChI=1S/C19H25N5O/c1-13-6-8-24(9-7-13)18-20-11-16(12-21-18)22-19(25)23-17-5-4-14(2)10-15(17)3/h4-5,10-13H,6-9H2,1-3H3,(H2,22,23,25). The van der Waals surface area contributed by atoms with Gasteiger partial charge >= 0.3 is 6.03 Å². The smallest absolute Gasteiger partial charge is 0.323 e. The lowest BCUT2D eigenvalue weighted by Crippen LogP contribution is -2.34. The number of hydrogen-bond acceptors (Lipinski definition) is 4. The molecule has 0 atom stereocenters. The number of carbonyl (C=O) groups is 1. The number of nitrogens with one attached hydrogen (secondary N) is 2. The molecule has 0 bridgehead atoms. The maximum absolute atomic E-state index is 12.2. The summed E-state index contributed by atoms with van der Waals surface area (Å²) >= 11 is 0. The summed E-state index contributed by atoms with van der Waals surface area (Å²) in [5.74, 6) is 1.50. The Morgan fingerprint density at radius 2 is 1.80 bits per heavy atom. The SMILES string of the molecule is Cc1ccc(NC(=O)Nc2cnc(N3CCC(C)CC3)nc2)c(C)c1. The number of urea groups is 1. The van der Waals surface area contributed by atoms with E-state index in [2.05, 4.69) is 32.4 Å². The Bertz CT molecular complexity index is 736. The highest BCUT2D eigenvalue weighted by Crippen LogP contribution is 2.20. The molecule has 2 N–H and O–H groups in total. The second-order valence-electron chi connectivity index (χ2n) is 6.84. The molecule has 1 aliphatic rings. The zero-order chi connectivity index (χ0) is 17.8. The Labute approximate surface area is 148 Å². The van der Waals surface area contributed by atoms with E-state index in [0.29, 0.717) is 5.69 Å². The quantitative estimate of drug-likeness (QED) is 0.887. The van der Waals surface area contributed by atoms with Crippen LogP contribution in [0.4, 0.5) is 22.1 Å². The van der Waals surface area contributed by atoms with Crippen LogP contribution in [0.2, 0.25) is 0 Å². The van der Waals surface area contributed by atoms with Gasteiger partial charge < -0.3 is 15.5 Å². The number of hydrogen-bond donors (Lipinski definition) is 2. The van der Waals surface area contributed by atoms with Crippen LogP contribution >= 0.6 is 0 Å². The van der Waals surface area contributed by atoms with Crippen LogP contribution in [0.3, 0.4) is 0 Å². The van der Waals surface area contributed by atoms with E-state index in [9.17, 15) is 4.79 Å². The maximum atomic E-state index is 12.2. The fourth-order valence-electron chi connectivity index (χ4n) is 3.00. The molecule has 2 heterocycles. The summed E-state index contributed by atoms with van der Waals surface area (Å²) in [4.78, 5) is 23.1. The van der Waals surface area contributed by atoms with E-state index in [1.165, 1.54) is 18.4 Å². The van der Waals surface area contributed by atoms with Gasteiger partial charge in [0.2, 0.25) is 5.95 Å². The van der Waals surface area contributed by atoms with Crippen LogP contribution in [0, 0.1) is 19.8 Å². The fraction of sp³-hybridized carbons (Fsp3) is 0.421. The van der Waals surface area contributed by atoms with Crippen molar-refractivity contribution in [3.63, 3.8) is 0 Å². The van der Waals surface area contributed by atoms with Crippen LogP contribution in [0.5, 0.6) is 0 Å². The number of aromatic nitrogens is 2. The van der Waals surface area contributed by atoms with E-state index >= 15 is 0 Å². The van der Waals surface area contributed by atoms with Gasteiger partial charge in [0.1, 0.15) is 0 Å². The minimum Gasteiger partial charge on any atom is -0.341 e. The first-order valence-corrected chi connectivity index (χ1v) is 8.73. The van der Waals surface area contributed by atoms with Gasteiger partial charge in [-0.25, -0.2) is 14.8 Å². The Hall–Kier alpha value is -2.63. The van der Waals surface area contributed by atoms with Crippen molar-refractivity contribution in [2.24, 2.45) is 5.92 Å². The van der Waals surface area contributed by atoms with Crippen molar-refractivity contribution < 1.29 is 4.79 Å². The first-order chi connectivity index (χ1) is 12.0. The van der Waals surface area contributed by atoms with Gasteiger partial charge in [0.05, 0.1) is 18.1 Å². The summed E-state index contributed by atoms with van der Waals surface area (Å²) in [6, 6.07) is 5.61. The second-order valence-corrected chi connectivity index (χ2v) is 6.84. The average molecular weight is 339 g/mol. The van der Waals surface area contributed by atoms with E-state index in [-0.39, 0.29) is 6.03 Å². The summed E-state index contributed by atoms with van der Waals surface area (Å²) in [5.41, 5.74) is 3.57. The molecule has 2 amide bonds. The number of rotatable bonds is 3. The van der Waals surface area contributed by atoms with Crippen molar-refractivity contribution in [2.75, 3.05) is 28.6 Å². The third-order valence-electron chi connectivity index (χ3n) is 4.59. The van der Waals surface area contributed by atoms with Gasteiger partial charge in [0.25, 0.3) is 0 Å². The van der Waals surface area contributed by atoms with Gasteiger partial charge in [-0.3, -0.25) is 0 Å². The van der Waals surface area contributed by atoms with Gasteiger partial charge in [-0.2, -0.15) is 0 Å². The molecule has 0 radical (unpaired) electrons. The highest BCUT2D eigenvalue weighted by molar-refractivity contribution is 6.00. The lowest BCUT2D eigenvalue weighted by Gasteiger charge is -2.30. The molecule has 1 aromatic carbocycles. The molecule has 0 aliphatic carbocycles. The Kier molecular flexibility index (Phi) is 5.16. The van der Waals surface area contributed by atoms with Crippen LogP contribution in [0.1, 0.15) is 30.9 Å². The fourth-order valence-corrected chi connectivity index (χ4v) is 3.00. The van der Waals surface area contributed by atoms with Crippen LogP contribution in [-0.4, -0.2) is 29.1 Å². The van der Waals surface area contributed by atoms with Crippen molar-refractivity contribution >= 4 is 23.4 Å². The van der Waals surface area contributed by atoms with E-state index in [4.69, 9.17) is 0 Å². The van der Waals surface area contributed by atoms with Crippen molar-refractivity contribution in [3.8, 4) is 0 Å². The Morgan fingerprint density at radius 3 is 2.44 bits per heavy atom. The van der Waals surface area contributed by atoms with E-state index < -0.39 is 0 Å². The summed E-state index contributed by atoms with van der Waals surface area (Å²) in [6.07, 6.45) is 5.65. The van der Waals surface area contributed by atoms with Gasteiger partial charge in [-0.15, -0.1) is 0 Å². The largest absolute Gasteiger partial charge is 0.341 e. The molecule has 6 nitrogen and oxygen atoms in total. The van der Waals surface area contributed by atoms with Crippen molar-refractivity contribution in [1.82, 2.24) is 9.97 Å². The summed E-state index contributed by atoms with van der Waals surface area (Å²) < 4.78 is 0. The normalized spacial score (nSPS) is 15.1. The molecule has 0 spiro atoms. The molecule has 0 saturated carbocycles. The third kappa shape index (κ3) is 4.47. The van der Waals surface area contributed by atoms with Gasteiger partial charge in [-0.05, 0) is 44.2 Å². The van der Waals surface area contributed by atoms with Crippen molar-refractivity contribution in [1.29, 1.82) is 0 Å². The maximum Gasteiger partial charge on any atom is 0.323 e. The average Bonchev–Trinajstić information content (AvgIpc) is 2.59. The summed E-state index contributed by atoms with van der Waals surface area (Å²) in [5, 5.41) is 5.63. The van der Waals surface area contributed by atoms with Crippen LogP contribution in [0.25, 0.3) is 0 Å². The van der Waals surface area contributed by atoms with E-state index in [1.807, 2.05) is 32.0 Å². The molecule has 0 unspecified atom stereocenters. The van der Waals surface area contributed by atoms with Gasteiger partial charge in [0, 0.05) is 18.8 Å². The van der Waals surface area contributed by atoms with E-state index in [1.54, 1.807) is 12.4 Å². The number of nitrogens with zero attached hydrogens (tertiary/aromatic N) is 3. The number of carbonyl (C=O) groups excluding carboxylic acids is 1. The zero-order valence-electron chi connectivity index (χ0n) is 15.0. The monoisotopic (exact) mass is 339 g/mol. The lowest BCUT2D eigenvalue weighted by molar-refractivity contribution is 0.262. The predicted molar refractivity (Wildman–Crippen MR) is 101 cm³/mol. The Balaban J connectivity index is 1.58. The first-order valence-electron chi connectivity index (χ1n) is 8.73. The topological polar surface area (TPSA) is 70.2 Å². The number of aryl methyl sites for hydroxylation is 2. The molecule has 1 aliphatic heterocycles. The molecule has 132 valence electrons. The molecule has 1 fully saturated rings. The number of anilines is 3. The third-order valence-corrected chi connectivity index (χ3v) is 4.59. The van der Waals surface area contributed by atoms with Crippen molar-refractivity contribution in [2.45, 2.75) is 33.6 Å². The van der Waals surface area contributed by atoms with Gasteiger partial charge in [0.15, 0.2) is 0 Å².